The van der Waals surface area contributed by atoms with Crippen LogP contribution in [0.5, 0.6) is 17.2 Å². The van der Waals surface area contributed by atoms with Crippen LogP contribution in [0.2, 0.25) is 0 Å². The Morgan fingerprint density at radius 1 is 1.03 bits per heavy atom. The second-order valence-corrected chi connectivity index (χ2v) is 9.58. The van der Waals surface area contributed by atoms with Gasteiger partial charge in [0.25, 0.3) is 5.91 Å². The Hall–Kier alpha value is -4.00. The molecule has 3 aromatic rings. The molecule has 1 heterocycles. The zero-order valence-electron chi connectivity index (χ0n) is 21.2. The van der Waals surface area contributed by atoms with Crippen molar-refractivity contribution in [2.45, 2.75) is 46.1 Å². The van der Waals surface area contributed by atoms with E-state index >= 15 is 0 Å². The highest BCUT2D eigenvalue weighted by Gasteiger charge is 2.31. The van der Waals surface area contributed by atoms with Gasteiger partial charge in [-0.05, 0) is 93.3 Å². The van der Waals surface area contributed by atoms with E-state index in [9.17, 15) is 14.7 Å². The Balaban J connectivity index is 1.45. The zero-order chi connectivity index (χ0) is 26.0. The summed E-state index contributed by atoms with van der Waals surface area (Å²) < 4.78 is 17.7. The van der Waals surface area contributed by atoms with Gasteiger partial charge in [0.15, 0.2) is 17.6 Å². The molecule has 0 aromatic heterocycles. The number of benzene rings is 3. The summed E-state index contributed by atoms with van der Waals surface area (Å²) in [6.45, 7) is 9.66. The van der Waals surface area contributed by atoms with Gasteiger partial charge in [-0.2, -0.15) is 0 Å². The molecule has 1 atom stereocenters. The molecule has 2 N–H and O–H groups in total. The zero-order valence-corrected chi connectivity index (χ0v) is 21.2. The number of ether oxygens (including phenoxy) is 3. The van der Waals surface area contributed by atoms with Crippen LogP contribution in [0.4, 0.5) is 5.69 Å². The van der Waals surface area contributed by atoms with E-state index < -0.39 is 11.4 Å². The predicted molar refractivity (Wildman–Crippen MR) is 138 cm³/mol. The van der Waals surface area contributed by atoms with Gasteiger partial charge in [0.1, 0.15) is 19.0 Å². The summed E-state index contributed by atoms with van der Waals surface area (Å²) in [6, 6.07) is 16.4. The predicted octanol–water partition coefficient (Wildman–Crippen LogP) is 5.45. The van der Waals surface area contributed by atoms with Crippen LogP contribution in [0, 0.1) is 20.8 Å². The molecule has 7 heteroatoms. The van der Waals surface area contributed by atoms with Crippen molar-refractivity contribution in [3.05, 3.63) is 82.4 Å². The Morgan fingerprint density at radius 2 is 1.75 bits per heavy atom. The van der Waals surface area contributed by atoms with E-state index in [0.717, 1.165) is 22.4 Å². The minimum atomic E-state index is -1.08. The first kappa shape index (κ1) is 25.1. The molecule has 0 radical (unpaired) electrons. The molecule has 0 aliphatic carbocycles. The summed E-state index contributed by atoms with van der Waals surface area (Å²) in [4.78, 5) is 24.8. The van der Waals surface area contributed by atoms with Crippen LogP contribution in [-0.4, -0.2) is 36.3 Å². The topological polar surface area (TPSA) is 94.1 Å². The van der Waals surface area contributed by atoms with Crippen molar-refractivity contribution in [1.82, 2.24) is 0 Å². The number of anilines is 1. The number of rotatable bonds is 7. The molecule has 1 aliphatic heterocycles. The number of carboxylic acid groups (broad SMARTS) is 1. The Bertz CT molecular complexity index is 1310. The number of carboxylic acids is 1. The van der Waals surface area contributed by atoms with Crippen molar-refractivity contribution < 1.29 is 28.9 Å². The minimum Gasteiger partial charge on any atom is -0.489 e. The molecule has 188 valence electrons. The lowest BCUT2D eigenvalue weighted by atomic mass is 9.82. The van der Waals surface area contributed by atoms with Crippen molar-refractivity contribution in [3.8, 4) is 17.2 Å². The fourth-order valence-corrected chi connectivity index (χ4v) is 4.21. The van der Waals surface area contributed by atoms with Gasteiger partial charge < -0.3 is 24.6 Å². The van der Waals surface area contributed by atoms with Gasteiger partial charge in [-0.15, -0.1) is 0 Å². The van der Waals surface area contributed by atoms with Crippen LogP contribution >= 0.6 is 0 Å². The monoisotopic (exact) mass is 489 g/mol. The second-order valence-electron chi connectivity index (χ2n) is 9.58. The third-order valence-corrected chi connectivity index (χ3v) is 6.68. The minimum absolute atomic E-state index is 0.242. The molecule has 1 amide bonds. The van der Waals surface area contributed by atoms with E-state index in [0.29, 0.717) is 41.5 Å². The lowest BCUT2D eigenvalue weighted by Gasteiger charge is -2.26. The van der Waals surface area contributed by atoms with E-state index in [1.807, 2.05) is 51.1 Å². The standard InChI is InChI=1S/C29H31NO6/c1-17-10-11-20(14-23(17)29(4,5)28(32)33)30-27(31)22-12-13-24(19(3)18(22)2)34-15-21-16-35-25-8-6-7-9-26(25)36-21/h6-14,21H,15-16H2,1-5H3,(H,30,31)(H,32,33)/t21-/m1/s1. The van der Waals surface area contributed by atoms with Gasteiger partial charge in [-0.3, -0.25) is 9.59 Å². The molecule has 36 heavy (non-hydrogen) atoms. The smallest absolute Gasteiger partial charge is 0.313 e. The summed E-state index contributed by atoms with van der Waals surface area (Å²) in [7, 11) is 0. The van der Waals surface area contributed by atoms with Gasteiger partial charge in [-0.1, -0.05) is 18.2 Å². The normalized spacial score (nSPS) is 14.8. The van der Waals surface area contributed by atoms with E-state index in [4.69, 9.17) is 14.2 Å². The summed E-state index contributed by atoms with van der Waals surface area (Å²) in [6.07, 6.45) is -0.242. The second kappa shape index (κ2) is 9.93. The van der Waals surface area contributed by atoms with E-state index in [2.05, 4.69) is 5.32 Å². The van der Waals surface area contributed by atoms with Crippen molar-refractivity contribution in [1.29, 1.82) is 0 Å². The molecule has 0 bridgehead atoms. The highest BCUT2D eigenvalue weighted by Crippen LogP contribution is 2.32. The van der Waals surface area contributed by atoms with Crippen molar-refractivity contribution in [2.24, 2.45) is 0 Å². The number of fused-ring (bicyclic) bond motifs is 1. The van der Waals surface area contributed by atoms with Crippen LogP contribution in [0.1, 0.15) is 46.5 Å². The van der Waals surface area contributed by atoms with Crippen LogP contribution in [0.15, 0.2) is 54.6 Å². The van der Waals surface area contributed by atoms with E-state index in [1.54, 1.807) is 38.1 Å². The number of nitrogens with one attached hydrogen (secondary N) is 1. The fraction of sp³-hybridized carbons (Fsp3) is 0.310. The Kier molecular flexibility index (Phi) is 6.93. The molecule has 7 nitrogen and oxygen atoms in total. The number of hydrogen-bond donors (Lipinski definition) is 2. The van der Waals surface area contributed by atoms with Crippen molar-refractivity contribution in [2.75, 3.05) is 18.5 Å². The van der Waals surface area contributed by atoms with Gasteiger partial charge >= 0.3 is 5.97 Å². The van der Waals surface area contributed by atoms with Crippen LogP contribution < -0.4 is 19.5 Å². The van der Waals surface area contributed by atoms with Gasteiger partial charge in [0, 0.05) is 11.3 Å². The summed E-state index contributed by atoms with van der Waals surface area (Å²) >= 11 is 0. The molecule has 4 rings (SSSR count). The molecule has 3 aromatic carbocycles. The van der Waals surface area contributed by atoms with Gasteiger partial charge in [-0.25, -0.2) is 0 Å². The number of amides is 1. The maximum absolute atomic E-state index is 13.1. The van der Waals surface area contributed by atoms with Crippen molar-refractivity contribution >= 4 is 17.6 Å². The first-order chi connectivity index (χ1) is 17.1. The Labute approximate surface area is 211 Å². The molecule has 0 fully saturated rings. The van der Waals surface area contributed by atoms with Crippen LogP contribution in [0.25, 0.3) is 0 Å². The molecule has 0 unspecified atom stereocenters. The molecular formula is C29H31NO6. The summed E-state index contributed by atoms with van der Waals surface area (Å²) in [5, 5.41) is 12.5. The average molecular weight is 490 g/mol. The van der Waals surface area contributed by atoms with Crippen LogP contribution in [-0.2, 0) is 10.2 Å². The number of aryl methyl sites for hydroxylation is 1. The molecule has 0 saturated heterocycles. The van der Waals surface area contributed by atoms with E-state index in [1.165, 1.54) is 0 Å². The fourth-order valence-electron chi connectivity index (χ4n) is 4.21. The highest BCUT2D eigenvalue weighted by molar-refractivity contribution is 6.05. The number of carbonyl (C=O) groups is 2. The molecule has 0 spiro atoms. The third kappa shape index (κ3) is 5.00. The molecular weight excluding hydrogens is 458 g/mol. The summed E-state index contributed by atoms with van der Waals surface area (Å²) in [5.74, 6) is 0.898. The first-order valence-corrected chi connectivity index (χ1v) is 11.8. The van der Waals surface area contributed by atoms with Crippen molar-refractivity contribution in [3.63, 3.8) is 0 Å². The number of para-hydroxylation sites is 2. The maximum atomic E-state index is 13.1. The highest BCUT2D eigenvalue weighted by atomic mass is 16.6. The lowest BCUT2D eigenvalue weighted by Crippen LogP contribution is -2.34. The number of hydrogen-bond acceptors (Lipinski definition) is 5. The first-order valence-electron chi connectivity index (χ1n) is 11.8. The maximum Gasteiger partial charge on any atom is 0.313 e. The third-order valence-electron chi connectivity index (χ3n) is 6.68. The quantitative estimate of drug-likeness (QED) is 0.459. The van der Waals surface area contributed by atoms with Gasteiger partial charge in [0.05, 0.1) is 5.41 Å². The van der Waals surface area contributed by atoms with Gasteiger partial charge in [0.2, 0.25) is 0 Å². The summed E-state index contributed by atoms with van der Waals surface area (Å²) in [5.41, 5.74) is 3.15. The molecule has 0 saturated carbocycles. The average Bonchev–Trinajstić information content (AvgIpc) is 2.85. The largest absolute Gasteiger partial charge is 0.489 e. The number of carbonyl (C=O) groups excluding carboxylic acids is 1. The molecule has 1 aliphatic rings. The SMILES string of the molecule is Cc1ccc(NC(=O)c2ccc(OC[C@@H]3COc4ccccc4O3)c(C)c2C)cc1C(C)(C)C(=O)O. The Morgan fingerprint density at radius 3 is 2.47 bits per heavy atom. The number of aliphatic carboxylic acids is 1. The van der Waals surface area contributed by atoms with E-state index in [-0.39, 0.29) is 12.0 Å². The van der Waals surface area contributed by atoms with Crippen LogP contribution in [0.3, 0.4) is 0 Å². The lowest BCUT2D eigenvalue weighted by molar-refractivity contribution is -0.142.